The van der Waals surface area contributed by atoms with Gasteiger partial charge >= 0.3 is 5.97 Å². The van der Waals surface area contributed by atoms with Crippen LogP contribution in [-0.2, 0) is 4.74 Å². The predicted octanol–water partition coefficient (Wildman–Crippen LogP) is 1.93. The molecule has 1 saturated carbocycles. The molecule has 1 fully saturated rings. The zero-order valence-corrected chi connectivity index (χ0v) is 10.2. The third-order valence-corrected chi connectivity index (χ3v) is 2.91. The van der Waals surface area contributed by atoms with Gasteiger partial charge < -0.3 is 10.1 Å². The number of carbonyl (C=O) groups excluding carboxylic acids is 1. The van der Waals surface area contributed by atoms with E-state index in [-0.39, 0.29) is 5.97 Å². The SMILES string of the molecule is CCOC(=O)c1cnc(NC2CCC2)nc1C. The van der Waals surface area contributed by atoms with Crippen LogP contribution in [0.1, 0.15) is 42.2 Å². The molecule has 1 heterocycles. The lowest BCUT2D eigenvalue weighted by atomic mass is 9.93. The minimum absolute atomic E-state index is 0.361. The number of rotatable bonds is 4. The molecule has 1 aliphatic rings. The van der Waals surface area contributed by atoms with E-state index in [2.05, 4.69) is 15.3 Å². The summed E-state index contributed by atoms with van der Waals surface area (Å²) < 4.78 is 4.92. The number of esters is 1. The van der Waals surface area contributed by atoms with Crippen LogP contribution in [-0.4, -0.2) is 28.6 Å². The number of nitrogens with one attached hydrogen (secondary N) is 1. The Kier molecular flexibility index (Phi) is 3.56. The van der Waals surface area contributed by atoms with Crippen molar-refractivity contribution >= 4 is 11.9 Å². The molecule has 0 unspecified atom stereocenters. The maximum atomic E-state index is 11.5. The van der Waals surface area contributed by atoms with Crippen LogP contribution in [0.15, 0.2) is 6.20 Å². The number of anilines is 1. The molecule has 0 atom stereocenters. The molecule has 1 aromatic heterocycles. The van der Waals surface area contributed by atoms with Crippen molar-refractivity contribution in [2.45, 2.75) is 39.2 Å². The summed E-state index contributed by atoms with van der Waals surface area (Å²) in [4.78, 5) is 20.0. The van der Waals surface area contributed by atoms with E-state index in [0.29, 0.717) is 29.9 Å². The van der Waals surface area contributed by atoms with Gasteiger partial charge in [-0.25, -0.2) is 14.8 Å². The number of ether oxygens (including phenoxy) is 1. The van der Waals surface area contributed by atoms with Gasteiger partial charge in [-0.05, 0) is 33.1 Å². The number of nitrogens with zero attached hydrogens (tertiary/aromatic N) is 2. The minimum atomic E-state index is -0.361. The number of aromatic nitrogens is 2. The fourth-order valence-electron chi connectivity index (χ4n) is 1.68. The fourth-order valence-corrected chi connectivity index (χ4v) is 1.68. The smallest absolute Gasteiger partial charge is 0.341 e. The molecule has 5 heteroatoms. The highest BCUT2D eigenvalue weighted by molar-refractivity contribution is 5.90. The quantitative estimate of drug-likeness (QED) is 0.808. The average Bonchev–Trinajstić information content (AvgIpc) is 2.24. The highest BCUT2D eigenvalue weighted by Gasteiger charge is 2.19. The Hall–Kier alpha value is -1.65. The Morgan fingerprint density at radius 3 is 2.88 bits per heavy atom. The summed E-state index contributed by atoms with van der Waals surface area (Å²) >= 11 is 0. The molecule has 0 bridgehead atoms. The van der Waals surface area contributed by atoms with Crippen molar-refractivity contribution in [2.75, 3.05) is 11.9 Å². The summed E-state index contributed by atoms with van der Waals surface area (Å²) in [5.41, 5.74) is 1.09. The molecular weight excluding hydrogens is 218 g/mol. The standard InChI is InChI=1S/C12H17N3O2/c1-3-17-11(16)10-7-13-12(14-8(10)2)15-9-5-4-6-9/h7,9H,3-6H2,1-2H3,(H,13,14,15). The molecule has 0 saturated heterocycles. The maximum absolute atomic E-state index is 11.5. The van der Waals surface area contributed by atoms with E-state index in [1.165, 1.54) is 25.5 Å². The van der Waals surface area contributed by atoms with Crippen LogP contribution in [0.2, 0.25) is 0 Å². The number of hydrogen-bond donors (Lipinski definition) is 1. The normalized spacial score (nSPS) is 15.2. The molecule has 0 spiro atoms. The number of hydrogen-bond acceptors (Lipinski definition) is 5. The van der Waals surface area contributed by atoms with Crippen LogP contribution in [0.25, 0.3) is 0 Å². The second kappa shape index (κ2) is 5.12. The Balaban J connectivity index is 2.07. The molecule has 2 rings (SSSR count). The summed E-state index contributed by atoms with van der Waals surface area (Å²) in [5, 5.41) is 3.24. The summed E-state index contributed by atoms with van der Waals surface area (Å²) in [6, 6.07) is 0.489. The van der Waals surface area contributed by atoms with E-state index in [1.807, 2.05) is 0 Å². The molecule has 5 nitrogen and oxygen atoms in total. The largest absolute Gasteiger partial charge is 0.462 e. The molecule has 0 amide bonds. The van der Waals surface area contributed by atoms with Gasteiger partial charge in [-0.2, -0.15) is 0 Å². The van der Waals surface area contributed by atoms with Gasteiger partial charge in [-0.3, -0.25) is 0 Å². The van der Waals surface area contributed by atoms with Gasteiger partial charge in [-0.15, -0.1) is 0 Å². The van der Waals surface area contributed by atoms with Crippen LogP contribution in [0.4, 0.5) is 5.95 Å². The van der Waals surface area contributed by atoms with E-state index in [1.54, 1.807) is 13.8 Å². The van der Waals surface area contributed by atoms with Crippen molar-refractivity contribution in [2.24, 2.45) is 0 Å². The van der Waals surface area contributed by atoms with Crippen LogP contribution in [0, 0.1) is 6.92 Å². The molecule has 1 aromatic rings. The van der Waals surface area contributed by atoms with E-state index in [9.17, 15) is 4.79 Å². The highest BCUT2D eigenvalue weighted by Crippen LogP contribution is 2.21. The van der Waals surface area contributed by atoms with E-state index in [4.69, 9.17) is 4.74 Å². The van der Waals surface area contributed by atoms with E-state index < -0.39 is 0 Å². The van der Waals surface area contributed by atoms with Crippen molar-refractivity contribution in [1.82, 2.24) is 9.97 Å². The molecular formula is C12H17N3O2. The Morgan fingerprint density at radius 2 is 2.35 bits per heavy atom. The third kappa shape index (κ3) is 2.72. The van der Waals surface area contributed by atoms with Crippen LogP contribution >= 0.6 is 0 Å². The number of aryl methyl sites for hydroxylation is 1. The maximum Gasteiger partial charge on any atom is 0.341 e. The highest BCUT2D eigenvalue weighted by atomic mass is 16.5. The summed E-state index contributed by atoms with van der Waals surface area (Å²) in [6.07, 6.45) is 5.13. The van der Waals surface area contributed by atoms with Crippen LogP contribution < -0.4 is 5.32 Å². The lowest BCUT2D eigenvalue weighted by Gasteiger charge is -2.26. The fraction of sp³-hybridized carbons (Fsp3) is 0.583. The Morgan fingerprint density at radius 1 is 1.59 bits per heavy atom. The zero-order chi connectivity index (χ0) is 12.3. The van der Waals surface area contributed by atoms with Crippen molar-refractivity contribution in [3.8, 4) is 0 Å². The second-order valence-electron chi connectivity index (χ2n) is 4.19. The van der Waals surface area contributed by atoms with Crippen LogP contribution in [0.3, 0.4) is 0 Å². The molecule has 0 aliphatic heterocycles. The molecule has 17 heavy (non-hydrogen) atoms. The van der Waals surface area contributed by atoms with Gasteiger partial charge in [0.15, 0.2) is 0 Å². The van der Waals surface area contributed by atoms with Gasteiger partial charge in [0.1, 0.15) is 0 Å². The molecule has 1 N–H and O–H groups in total. The van der Waals surface area contributed by atoms with Crippen molar-refractivity contribution in [3.05, 3.63) is 17.5 Å². The molecule has 92 valence electrons. The summed E-state index contributed by atoms with van der Waals surface area (Å²) in [5.74, 6) is 0.237. The zero-order valence-electron chi connectivity index (χ0n) is 10.2. The first-order valence-corrected chi connectivity index (χ1v) is 5.98. The minimum Gasteiger partial charge on any atom is -0.462 e. The van der Waals surface area contributed by atoms with Gasteiger partial charge in [0, 0.05) is 12.2 Å². The van der Waals surface area contributed by atoms with Crippen LogP contribution in [0.5, 0.6) is 0 Å². The van der Waals surface area contributed by atoms with E-state index >= 15 is 0 Å². The molecule has 1 aliphatic carbocycles. The third-order valence-electron chi connectivity index (χ3n) is 2.91. The number of carbonyl (C=O) groups is 1. The Bertz CT molecular complexity index is 416. The first-order valence-electron chi connectivity index (χ1n) is 5.98. The summed E-state index contributed by atoms with van der Waals surface area (Å²) in [7, 11) is 0. The van der Waals surface area contributed by atoms with E-state index in [0.717, 1.165) is 0 Å². The van der Waals surface area contributed by atoms with Gasteiger partial charge in [0.05, 0.1) is 17.9 Å². The predicted molar refractivity (Wildman–Crippen MR) is 64.0 cm³/mol. The van der Waals surface area contributed by atoms with Gasteiger partial charge in [0.2, 0.25) is 5.95 Å². The van der Waals surface area contributed by atoms with Crippen molar-refractivity contribution in [3.63, 3.8) is 0 Å². The van der Waals surface area contributed by atoms with Crippen molar-refractivity contribution < 1.29 is 9.53 Å². The van der Waals surface area contributed by atoms with Gasteiger partial charge in [0.25, 0.3) is 0 Å². The van der Waals surface area contributed by atoms with Crippen molar-refractivity contribution in [1.29, 1.82) is 0 Å². The first kappa shape index (κ1) is 11.8. The lowest BCUT2D eigenvalue weighted by molar-refractivity contribution is 0.0524. The summed E-state index contributed by atoms with van der Waals surface area (Å²) in [6.45, 7) is 3.93. The topological polar surface area (TPSA) is 64.1 Å². The average molecular weight is 235 g/mol. The monoisotopic (exact) mass is 235 g/mol. The lowest BCUT2D eigenvalue weighted by Crippen LogP contribution is -2.28. The molecule has 0 radical (unpaired) electrons. The first-order chi connectivity index (χ1) is 8.20. The Labute approximate surface area is 101 Å². The second-order valence-corrected chi connectivity index (χ2v) is 4.19. The van der Waals surface area contributed by atoms with Gasteiger partial charge in [-0.1, -0.05) is 0 Å². The molecule has 0 aromatic carbocycles.